The maximum absolute atomic E-state index is 12.1. The Morgan fingerprint density at radius 2 is 2.19 bits per heavy atom. The van der Waals surface area contributed by atoms with Crippen LogP contribution in [0.15, 0.2) is 12.1 Å². The van der Waals surface area contributed by atoms with E-state index in [0.29, 0.717) is 23.4 Å². The number of likely N-dealkylation sites (N-methyl/N-ethyl adjacent to an activating group) is 1. The Morgan fingerprint density at radius 1 is 1.48 bits per heavy atom. The molecule has 0 bridgehead atoms. The summed E-state index contributed by atoms with van der Waals surface area (Å²) in [5.74, 6) is 5.41. The molecule has 0 aliphatic heterocycles. The molecule has 6 nitrogen and oxygen atoms in total. The molecule has 7 heteroatoms. The van der Waals surface area contributed by atoms with Crippen LogP contribution in [0.4, 0.5) is 5.82 Å². The highest BCUT2D eigenvalue weighted by atomic mass is 35.5. The molecule has 0 spiro atoms. The Morgan fingerprint density at radius 3 is 2.86 bits per heavy atom. The normalized spacial score (nSPS) is 15.4. The molecule has 0 radical (unpaired) electrons. The van der Waals surface area contributed by atoms with E-state index in [0.717, 1.165) is 6.54 Å². The number of nitrogens with two attached hydrogens (primary N) is 1. The molecule has 1 fully saturated rings. The van der Waals surface area contributed by atoms with Gasteiger partial charge in [-0.1, -0.05) is 24.4 Å². The standard InChI is InChI=1S/C14H22ClN5O/c1-20(10-4-2-3-5-10)9-8-17-14(21)13-11(15)6-7-12(18-13)19-16/h6-7,10H,2-5,8-9,16H2,1H3,(H,17,21)(H,18,19). The summed E-state index contributed by atoms with van der Waals surface area (Å²) in [5.41, 5.74) is 2.59. The lowest BCUT2D eigenvalue weighted by Crippen LogP contribution is -2.37. The van der Waals surface area contributed by atoms with Crippen LogP contribution in [-0.2, 0) is 0 Å². The van der Waals surface area contributed by atoms with Crippen molar-refractivity contribution < 1.29 is 4.79 Å². The molecular weight excluding hydrogens is 290 g/mol. The number of hydrogen-bond donors (Lipinski definition) is 3. The maximum atomic E-state index is 12.1. The lowest BCUT2D eigenvalue weighted by atomic mass is 10.2. The summed E-state index contributed by atoms with van der Waals surface area (Å²) in [7, 11) is 2.10. The third-order valence-corrected chi connectivity index (χ3v) is 4.21. The Kier molecular flexibility index (Phi) is 5.78. The van der Waals surface area contributed by atoms with Gasteiger partial charge >= 0.3 is 0 Å². The lowest BCUT2D eigenvalue weighted by Gasteiger charge is -2.23. The largest absolute Gasteiger partial charge is 0.349 e. The zero-order chi connectivity index (χ0) is 15.2. The third kappa shape index (κ3) is 4.30. The number of hydrogen-bond acceptors (Lipinski definition) is 5. The Bertz CT molecular complexity index is 490. The van der Waals surface area contributed by atoms with Crippen molar-refractivity contribution in [3.05, 3.63) is 22.8 Å². The van der Waals surface area contributed by atoms with Crippen LogP contribution >= 0.6 is 11.6 Å². The molecule has 2 rings (SSSR count). The highest BCUT2D eigenvalue weighted by Crippen LogP contribution is 2.22. The number of rotatable bonds is 6. The quantitative estimate of drug-likeness (QED) is 0.549. The van der Waals surface area contributed by atoms with Crippen LogP contribution in [0.1, 0.15) is 36.2 Å². The summed E-state index contributed by atoms with van der Waals surface area (Å²) in [6.07, 6.45) is 5.11. The molecule has 1 heterocycles. The number of nitrogen functional groups attached to an aromatic ring is 1. The van der Waals surface area contributed by atoms with Crippen molar-refractivity contribution in [2.45, 2.75) is 31.7 Å². The number of carbonyl (C=O) groups excluding carboxylic acids is 1. The van der Waals surface area contributed by atoms with Crippen molar-refractivity contribution in [1.29, 1.82) is 0 Å². The van der Waals surface area contributed by atoms with E-state index in [2.05, 4.69) is 27.7 Å². The maximum Gasteiger partial charge on any atom is 0.271 e. The van der Waals surface area contributed by atoms with Gasteiger partial charge in [-0.3, -0.25) is 4.79 Å². The number of pyridine rings is 1. The first-order valence-corrected chi connectivity index (χ1v) is 7.61. The van der Waals surface area contributed by atoms with Gasteiger partial charge in [0, 0.05) is 19.1 Å². The Hall–Kier alpha value is -1.37. The smallest absolute Gasteiger partial charge is 0.271 e. The zero-order valence-corrected chi connectivity index (χ0v) is 13.0. The fourth-order valence-corrected chi connectivity index (χ4v) is 2.83. The van der Waals surface area contributed by atoms with Crippen molar-refractivity contribution in [3.8, 4) is 0 Å². The molecule has 1 aliphatic rings. The molecule has 0 saturated heterocycles. The number of anilines is 1. The Labute approximate surface area is 130 Å². The number of nitrogens with one attached hydrogen (secondary N) is 2. The second kappa shape index (κ2) is 7.59. The predicted octanol–water partition coefficient (Wildman–Crippen LogP) is 1.62. The van der Waals surface area contributed by atoms with Crippen LogP contribution in [0.5, 0.6) is 0 Å². The Balaban J connectivity index is 1.84. The van der Waals surface area contributed by atoms with Crippen molar-refractivity contribution in [2.75, 3.05) is 25.6 Å². The van der Waals surface area contributed by atoms with Gasteiger partial charge in [-0.25, -0.2) is 10.8 Å². The molecule has 0 atom stereocenters. The molecule has 0 aromatic carbocycles. The topological polar surface area (TPSA) is 83.3 Å². The minimum Gasteiger partial charge on any atom is -0.349 e. The number of carbonyl (C=O) groups is 1. The van der Waals surface area contributed by atoms with Crippen LogP contribution in [-0.4, -0.2) is 42.0 Å². The molecule has 1 saturated carbocycles. The predicted molar refractivity (Wildman–Crippen MR) is 84.3 cm³/mol. The highest BCUT2D eigenvalue weighted by Gasteiger charge is 2.19. The number of nitrogens with zero attached hydrogens (tertiary/aromatic N) is 2. The molecule has 116 valence electrons. The van der Waals surface area contributed by atoms with E-state index in [-0.39, 0.29) is 11.6 Å². The molecule has 21 heavy (non-hydrogen) atoms. The van der Waals surface area contributed by atoms with Gasteiger partial charge in [-0.2, -0.15) is 0 Å². The average molecular weight is 312 g/mol. The first kappa shape index (κ1) is 16.0. The van der Waals surface area contributed by atoms with Crippen LogP contribution in [0.3, 0.4) is 0 Å². The molecule has 0 unspecified atom stereocenters. The molecule has 4 N–H and O–H groups in total. The summed E-state index contributed by atoms with van der Waals surface area (Å²) in [5, 5.41) is 3.16. The number of halogens is 1. The first-order chi connectivity index (χ1) is 10.1. The second-order valence-electron chi connectivity index (χ2n) is 5.35. The van der Waals surface area contributed by atoms with Crippen LogP contribution in [0, 0.1) is 0 Å². The van der Waals surface area contributed by atoms with Gasteiger partial charge < -0.3 is 15.6 Å². The van der Waals surface area contributed by atoms with Crippen LogP contribution < -0.4 is 16.6 Å². The number of hydrazine groups is 1. The first-order valence-electron chi connectivity index (χ1n) is 7.23. The third-order valence-electron chi connectivity index (χ3n) is 3.91. The van der Waals surface area contributed by atoms with Crippen molar-refractivity contribution in [2.24, 2.45) is 5.84 Å². The van der Waals surface area contributed by atoms with E-state index in [1.54, 1.807) is 12.1 Å². The zero-order valence-electron chi connectivity index (χ0n) is 12.2. The summed E-state index contributed by atoms with van der Waals surface area (Å²) in [6.45, 7) is 1.40. The van der Waals surface area contributed by atoms with E-state index in [1.807, 2.05) is 0 Å². The van der Waals surface area contributed by atoms with Crippen molar-refractivity contribution in [1.82, 2.24) is 15.2 Å². The van der Waals surface area contributed by atoms with Crippen LogP contribution in [0.2, 0.25) is 5.02 Å². The summed E-state index contributed by atoms with van der Waals surface area (Å²) < 4.78 is 0. The van der Waals surface area contributed by atoms with E-state index in [4.69, 9.17) is 17.4 Å². The summed E-state index contributed by atoms with van der Waals surface area (Å²) >= 11 is 5.99. The number of aromatic nitrogens is 1. The number of amides is 1. The van der Waals surface area contributed by atoms with Gasteiger partial charge in [0.05, 0.1) is 5.02 Å². The molecule has 1 aliphatic carbocycles. The highest BCUT2D eigenvalue weighted by molar-refractivity contribution is 6.33. The summed E-state index contributed by atoms with van der Waals surface area (Å²) in [6, 6.07) is 3.87. The summed E-state index contributed by atoms with van der Waals surface area (Å²) in [4.78, 5) is 18.5. The van der Waals surface area contributed by atoms with Gasteiger partial charge in [0.15, 0.2) is 0 Å². The fraction of sp³-hybridized carbons (Fsp3) is 0.571. The van der Waals surface area contributed by atoms with Gasteiger partial charge in [0.25, 0.3) is 5.91 Å². The minimum atomic E-state index is -0.281. The van der Waals surface area contributed by atoms with Gasteiger partial charge in [-0.15, -0.1) is 0 Å². The van der Waals surface area contributed by atoms with E-state index < -0.39 is 0 Å². The second-order valence-corrected chi connectivity index (χ2v) is 5.75. The van der Waals surface area contributed by atoms with Gasteiger partial charge in [0.2, 0.25) is 0 Å². The monoisotopic (exact) mass is 311 g/mol. The SMILES string of the molecule is CN(CCNC(=O)c1nc(NN)ccc1Cl)C1CCCC1. The molecular formula is C14H22ClN5O. The average Bonchev–Trinajstić information content (AvgIpc) is 3.01. The van der Waals surface area contributed by atoms with Gasteiger partial charge in [0.1, 0.15) is 11.5 Å². The van der Waals surface area contributed by atoms with E-state index >= 15 is 0 Å². The van der Waals surface area contributed by atoms with Gasteiger partial charge in [-0.05, 0) is 32.0 Å². The fourth-order valence-electron chi connectivity index (χ4n) is 2.64. The van der Waals surface area contributed by atoms with E-state index in [1.165, 1.54) is 25.7 Å². The van der Waals surface area contributed by atoms with Crippen LogP contribution in [0.25, 0.3) is 0 Å². The van der Waals surface area contributed by atoms with E-state index in [9.17, 15) is 4.79 Å². The van der Waals surface area contributed by atoms with Crippen molar-refractivity contribution >= 4 is 23.3 Å². The van der Waals surface area contributed by atoms with Crippen molar-refractivity contribution in [3.63, 3.8) is 0 Å². The molecule has 1 aromatic rings. The minimum absolute atomic E-state index is 0.190. The molecule has 1 amide bonds. The molecule has 1 aromatic heterocycles. The lowest BCUT2D eigenvalue weighted by molar-refractivity contribution is 0.0942.